The zero-order valence-electron chi connectivity index (χ0n) is 7.68. The van der Waals surface area contributed by atoms with E-state index in [2.05, 4.69) is 10.6 Å². The van der Waals surface area contributed by atoms with Crippen LogP contribution in [-0.4, -0.2) is 25.0 Å². The molecule has 0 aromatic rings. The summed E-state index contributed by atoms with van der Waals surface area (Å²) in [6.45, 7) is 1.34. The Hall–Kier alpha value is -1.08. The predicted octanol–water partition coefficient (Wildman–Crippen LogP) is 0.158. The average Bonchev–Trinajstić information content (AvgIpc) is 2.88. The van der Waals surface area contributed by atoms with E-state index in [0.717, 1.165) is 12.8 Å². The molecular formula is C9H15N3O. The van der Waals surface area contributed by atoms with E-state index in [1.54, 1.807) is 0 Å². The highest BCUT2D eigenvalue weighted by Gasteiger charge is 2.22. The number of amides is 1. The maximum atomic E-state index is 11.1. The SMILES string of the molecule is N#CCCNCCC(=O)NC1CC1. The van der Waals surface area contributed by atoms with Gasteiger partial charge in [0.15, 0.2) is 0 Å². The van der Waals surface area contributed by atoms with Crippen LogP contribution in [0.15, 0.2) is 0 Å². The van der Waals surface area contributed by atoms with Gasteiger partial charge in [0, 0.05) is 32.0 Å². The van der Waals surface area contributed by atoms with Crippen LogP contribution in [0.1, 0.15) is 25.7 Å². The molecule has 0 spiro atoms. The van der Waals surface area contributed by atoms with Gasteiger partial charge in [0.2, 0.25) is 5.91 Å². The fourth-order valence-electron chi connectivity index (χ4n) is 0.999. The third-order valence-electron chi connectivity index (χ3n) is 1.88. The Balaban J connectivity index is 1.86. The van der Waals surface area contributed by atoms with Gasteiger partial charge in [-0.2, -0.15) is 5.26 Å². The van der Waals surface area contributed by atoms with E-state index in [4.69, 9.17) is 5.26 Å². The van der Waals surface area contributed by atoms with Crippen LogP contribution < -0.4 is 10.6 Å². The first-order valence-electron chi connectivity index (χ1n) is 4.70. The third kappa shape index (κ3) is 5.21. The monoisotopic (exact) mass is 181 g/mol. The topological polar surface area (TPSA) is 64.9 Å². The molecule has 1 saturated carbocycles. The number of rotatable bonds is 6. The Bertz CT molecular complexity index is 205. The Kier molecular flexibility index (Phi) is 4.27. The van der Waals surface area contributed by atoms with Gasteiger partial charge in [-0.3, -0.25) is 4.79 Å². The van der Waals surface area contributed by atoms with Crippen LogP contribution in [0.5, 0.6) is 0 Å². The first-order chi connectivity index (χ1) is 6.33. The van der Waals surface area contributed by atoms with E-state index in [0.29, 0.717) is 32.0 Å². The van der Waals surface area contributed by atoms with Crippen molar-refractivity contribution in [3.63, 3.8) is 0 Å². The fourth-order valence-corrected chi connectivity index (χ4v) is 0.999. The Labute approximate surface area is 78.3 Å². The summed E-state index contributed by atoms with van der Waals surface area (Å²) in [6, 6.07) is 2.49. The van der Waals surface area contributed by atoms with Gasteiger partial charge in [-0.1, -0.05) is 0 Å². The van der Waals surface area contributed by atoms with Gasteiger partial charge in [0.05, 0.1) is 6.07 Å². The maximum Gasteiger partial charge on any atom is 0.221 e. The summed E-state index contributed by atoms with van der Waals surface area (Å²) in [7, 11) is 0. The summed E-state index contributed by atoms with van der Waals surface area (Å²) >= 11 is 0. The molecule has 0 atom stereocenters. The van der Waals surface area contributed by atoms with E-state index >= 15 is 0 Å². The molecule has 0 aliphatic heterocycles. The molecule has 1 aliphatic rings. The fraction of sp³-hybridized carbons (Fsp3) is 0.778. The largest absolute Gasteiger partial charge is 0.353 e. The van der Waals surface area contributed by atoms with Crippen molar-refractivity contribution in [2.24, 2.45) is 0 Å². The lowest BCUT2D eigenvalue weighted by Gasteiger charge is -2.03. The van der Waals surface area contributed by atoms with Crippen LogP contribution in [-0.2, 0) is 4.79 Å². The van der Waals surface area contributed by atoms with Crippen molar-refractivity contribution in [3.05, 3.63) is 0 Å². The first-order valence-corrected chi connectivity index (χ1v) is 4.70. The average molecular weight is 181 g/mol. The smallest absolute Gasteiger partial charge is 0.221 e. The Morgan fingerprint density at radius 3 is 2.85 bits per heavy atom. The Morgan fingerprint density at radius 2 is 2.23 bits per heavy atom. The number of carbonyl (C=O) groups is 1. The third-order valence-corrected chi connectivity index (χ3v) is 1.88. The lowest BCUT2D eigenvalue weighted by molar-refractivity contribution is -0.121. The molecule has 1 rings (SSSR count). The zero-order valence-corrected chi connectivity index (χ0v) is 7.68. The number of hydrogen-bond acceptors (Lipinski definition) is 3. The van der Waals surface area contributed by atoms with Crippen molar-refractivity contribution in [3.8, 4) is 6.07 Å². The highest BCUT2D eigenvalue weighted by atomic mass is 16.1. The molecule has 1 fully saturated rings. The minimum Gasteiger partial charge on any atom is -0.353 e. The van der Waals surface area contributed by atoms with E-state index in [1.165, 1.54) is 0 Å². The van der Waals surface area contributed by atoms with Crippen molar-refractivity contribution < 1.29 is 4.79 Å². The van der Waals surface area contributed by atoms with Gasteiger partial charge in [-0.15, -0.1) is 0 Å². The minimum atomic E-state index is 0.118. The second-order valence-corrected chi connectivity index (χ2v) is 3.25. The maximum absolute atomic E-state index is 11.1. The normalized spacial score (nSPS) is 15.0. The highest BCUT2D eigenvalue weighted by Crippen LogP contribution is 2.18. The molecule has 13 heavy (non-hydrogen) atoms. The van der Waals surface area contributed by atoms with Crippen molar-refractivity contribution in [1.82, 2.24) is 10.6 Å². The molecule has 0 aromatic carbocycles. The van der Waals surface area contributed by atoms with Crippen molar-refractivity contribution in [2.45, 2.75) is 31.7 Å². The van der Waals surface area contributed by atoms with Crippen molar-refractivity contribution in [2.75, 3.05) is 13.1 Å². The summed E-state index contributed by atoms with van der Waals surface area (Å²) in [5, 5.41) is 14.2. The Morgan fingerprint density at radius 1 is 1.46 bits per heavy atom. The van der Waals surface area contributed by atoms with Crippen LogP contribution in [0.3, 0.4) is 0 Å². The van der Waals surface area contributed by atoms with E-state index < -0.39 is 0 Å². The van der Waals surface area contributed by atoms with E-state index in [1.807, 2.05) is 6.07 Å². The number of nitrogens with one attached hydrogen (secondary N) is 2. The molecular weight excluding hydrogens is 166 g/mol. The van der Waals surface area contributed by atoms with Crippen LogP contribution in [0.25, 0.3) is 0 Å². The number of nitriles is 1. The summed E-state index contributed by atoms with van der Waals surface area (Å²) in [6.07, 6.45) is 3.29. The molecule has 0 heterocycles. The van der Waals surface area contributed by atoms with Crippen LogP contribution in [0, 0.1) is 11.3 Å². The molecule has 0 bridgehead atoms. The first kappa shape index (κ1) is 10.0. The van der Waals surface area contributed by atoms with Gasteiger partial charge in [-0.05, 0) is 12.8 Å². The van der Waals surface area contributed by atoms with Crippen LogP contribution >= 0.6 is 0 Å². The summed E-state index contributed by atoms with van der Waals surface area (Å²) in [4.78, 5) is 11.1. The molecule has 2 N–H and O–H groups in total. The lowest BCUT2D eigenvalue weighted by Crippen LogP contribution is -2.29. The zero-order chi connectivity index (χ0) is 9.52. The summed E-state index contributed by atoms with van der Waals surface area (Å²) in [5.41, 5.74) is 0. The molecule has 4 heteroatoms. The highest BCUT2D eigenvalue weighted by molar-refractivity contribution is 5.76. The molecule has 0 radical (unpaired) electrons. The molecule has 0 aromatic heterocycles. The van der Waals surface area contributed by atoms with Gasteiger partial charge in [0.25, 0.3) is 0 Å². The number of nitrogens with zero attached hydrogens (tertiary/aromatic N) is 1. The van der Waals surface area contributed by atoms with Crippen molar-refractivity contribution in [1.29, 1.82) is 5.26 Å². The van der Waals surface area contributed by atoms with Gasteiger partial charge < -0.3 is 10.6 Å². The second kappa shape index (κ2) is 5.55. The van der Waals surface area contributed by atoms with Gasteiger partial charge in [-0.25, -0.2) is 0 Å². The summed E-state index contributed by atoms with van der Waals surface area (Å²) < 4.78 is 0. The molecule has 0 saturated heterocycles. The lowest BCUT2D eigenvalue weighted by atomic mass is 10.3. The summed E-state index contributed by atoms with van der Waals surface area (Å²) in [5.74, 6) is 0.118. The number of hydrogen-bond donors (Lipinski definition) is 2. The quantitative estimate of drug-likeness (QED) is 0.574. The predicted molar refractivity (Wildman–Crippen MR) is 48.9 cm³/mol. The van der Waals surface area contributed by atoms with Crippen molar-refractivity contribution >= 4 is 5.91 Å². The van der Waals surface area contributed by atoms with Gasteiger partial charge >= 0.3 is 0 Å². The standard InChI is InChI=1S/C9H15N3O/c10-5-1-6-11-7-4-9(13)12-8-2-3-8/h8,11H,1-4,6-7H2,(H,12,13). The minimum absolute atomic E-state index is 0.118. The van der Waals surface area contributed by atoms with Crippen LogP contribution in [0.4, 0.5) is 0 Å². The second-order valence-electron chi connectivity index (χ2n) is 3.25. The molecule has 4 nitrogen and oxygen atoms in total. The van der Waals surface area contributed by atoms with E-state index in [-0.39, 0.29) is 5.91 Å². The molecule has 72 valence electrons. The van der Waals surface area contributed by atoms with E-state index in [9.17, 15) is 4.79 Å². The molecule has 0 unspecified atom stereocenters. The molecule has 1 aliphatic carbocycles. The van der Waals surface area contributed by atoms with Gasteiger partial charge in [0.1, 0.15) is 0 Å². The van der Waals surface area contributed by atoms with Crippen LogP contribution in [0.2, 0.25) is 0 Å². The number of carbonyl (C=O) groups excluding carboxylic acids is 1. The molecule has 1 amide bonds.